The van der Waals surface area contributed by atoms with Crippen molar-refractivity contribution in [2.24, 2.45) is 0 Å². The van der Waals surface area contributed by atoms with Crippen molar-refractivity contribution in [3.8, 4) is 0 Å². The van der Waals surface area contributed by atoms with Crippen LogP contribution in [0.15, 0.2) is 24.3 Å². The molecule has 0 amide bonds. The summed E-state index contributed by atoms with van der Waals surface area (Å²) in [5.41, 5.74) is 2.44. The highest BCUT2D eigenvalue weighted by Gasteiger charge is 2.23. The van der Waals surface area contributed by atoms with Crippen molar-refractivity contribution >= 4 is 21.5 Å². The molecule has 2 rings (SSSR count). The van der Waals surface area contributed by atoms with E-state index < -0.39 is 10.1 Å². The largest absolute Gasteiger partial charge is 0.412 e. The SMILES string of the molecule is CCN1CN(CCCCS(=O)(=O)O)c2ccccc21.O. The number of hydrogen-bond acceptors (Lipinski definition) is 4. The van der Waals surface area contributed by atoms with Gasteiger partial charge in [0.25, 0.3) is 10.1 Å². The molecule has 1 aliphatic heterocycles. The fourth-order valence-electron chi connectivity index (χ4n) is 2.41. The molecule has 0 bridgehead atoms. The van der Waals surface area contributed by atoms with Crippen molar-refractivity contribution in [1.82, 2.24) is 0 Å². The molecule has 1 aromatic rings. The maximum atomic E-state index is 10.7. The van der Waals surface area contributed by atoms with Crippen LogP contribution in [0.5, 0.6) is 0 Å². The van der Waals surface area contributed by atoms with E-state index in [-0.39, 0.29) is 11.2 Å². The number of fused-ring (bicyclic) bond motifs is 1. The standard InChI is InChI=1S/C13H20N2O3S.H2O/c1-2-14-11-15(9-5-6-10-19(16,17)18)13-8-4-3-7-12(13)14;/h3-4,7-8H,2,5-6,9-11H2,1H3,(H,16,17,18);1H2. The van der Waals surface area contributed by atoms with E-state index in [1.165, 1.54) is 11.4 Å². The van der Waals surface area contributed by atoms with Gasteiger partial charge >= 0.3 is 0 Å². The van der Waals surface area contributed by atoms with Gasteiger partial charge < -0.3 is 15.3 Å². The monoisotopic (exact) mass is 302 g/mol. The minimum atomic E-state index is -3.82. The third kappa shape index (κ3) is 4.09. The van der Waals surface area contributed by atoms with E-state index in [1.54, 1.807) is 0 Å². The highest BCUT2D eigenvalue weighted by Crippen LogP contribution is 2.35. The molecular weight excluding hydrogens is 280 g/mol. The van der Waals surface area contributed by atoms with Crippen molar-refractivity contribution < 1.29 is 18.4 Å². The summed E-state index contributed by atoms with van der Waals surface area (Å²) in [6, 6.07) is 8.25. The lowest BCUT2D eigenvalue weighted by Gasteiger charge is -2.20. The predicted octanol–water partition coefficient (Wildman–Crippen LogP) is 1.13. The van der Waals surface area contributed by atoms with Crippen molar-refractivity contribution in [3.63, 3.8) is 0 Å². The molecule has 114 valence electrons. The molecule has 7 heteroatoms. The summed E-state index contributed by atoms with van der Waals surface area (Å²) < 4.78 is 30.0. The summed E-state index contributed by atoms with van der Waals surface area (Å²) in [5, 5.41) is 0. The van der Waals surface area contributed by atoms with E-state index in [1.807, 2.05) is 12.1 Å². The zero-order valence-electron chi connectivity index (χ0n) is 11.6. The summed E-state index contributed by atoms with van der Waals surface area (Å²) >= 11 is 0. The maximum Gasteiger partial charge on any atom is 0.264 e. The Morgan fingerprint density at radius 2 is 1.75 bits per heavy atom. The van der Waals surface area contributed by atoms with Crippen LogP contribution in [0.2, 0.25) is 0 Å². The van der Waals surface area contributed by atoms with Crippen LogP contribution in [-0.2, 0) is 10.1 Å². The summed E-state index contributed by atoms with van der Waals surface area (Å²) in [5.74, 6) is -0.153. The number of benzene rings is 1. The third-order valence-electron chi connectivity index (χ3n) is 3.37. The average molecular weight is 302 g/mol. The minimum Gasteiger partial charge on any atom is -0.412 e. The second-order valence-corrected chi connectivity index (χ2v) is 6.31. The maximum absolute atomic E-state index is 10.7. The lowest BCUT2D eigenvalue weighted by atomic mass is 10.2. The van der Waals surface area contributed by atoms with E-state index in [4.69, 9.17) is 4.55 Å². The Balaban J connectivity index is 0.00000200. The van der Waals surface area contributed by atoms with Gasteiger partial charge in [0.05, 0.1) is 23.8 Å². The first-order chi connectivity index (χ1) is 9.01. The van der Waals surface area contributed by atoms with E-state index in [0.29, 0.717) is 6.42 Å². The van der Waals surface area contributed by atoms with E-state index in [2.05, 4.69) is 28.9 Å². The Bertz CT molecular complexity index is 533. The van der Waals surface area contributed by atoms with E-state index >= 15 is 0 Å². The summed E-state index contributed by atoms with van der Waals surface area (Å²) in [4.78, 5) is 4.54. The van der Waals surface area contributed by atoms with Crippen LogP contribution in [-0.4, -0.2) is 44.0 Å². The Hall–Kier alpha value is -1.31. The number of nitrogens with zero attached hydrogens (tertiary/aromatic N) is 2. The molecule has 1 heterocycles. The molecule has 0 atom stereocenters. The topological polar surface area (TPSA) is 92.4 Å². The fourth-order valence-corrected chi connectivity index (χ4v) is 2.97. The predicted molar refractivity (Wildman–Crippen MR) is 80.9 cm³/mol. The van der Waals surface area contributed by atoms with Crippen molar-refractivity contribution in [1.29, 1.82) is 0 Å². The highest BCUT2D eigenvalue weighted by molar-refractivity contribution is 7.85. The average Bonchev–Trinajstić information content (AvgIpc) is 2.72. The van der Waals surface area contributed by atoms with Gasteiger partial charge in [-0.2, -0.15) is 8.42 Å². The smallest absolute Gasteiger partial charge is 0.264 e. The van der Waals surface area contributed by atoms with Gasteiger partial charge in [-0.1, -0.05) is 12.1 Å². The molecule has 0 saturated carbocycles. The van der Waals surface area contributed by atoms with Gasteiger partial charge in [-0.25, -0.2) is 0 Å². The first-order valence-corrected chi connectivity index (χ1v) is 8.16. The molecular formula is C13H22N2O4S. The molecule has 0 unspecified atom stereocenters. The second kappa shape index (κ2) is 6.92. The van der Waals surface area contributed by atoms with Crippen LogP contribution in [0.25, 0.3) is 0 Å². The minimum absolute atomic E-state index is 0. The lowest BCUT2D eigenvalue weighted by Crippen LogP contribution is -2.31. The van der Waals surface area contributed by atoms with Gasteiger partial charge in [-0.3, -0.25) is 4.55 Å². The molecule has 0 fully saturated rings. The molecule has 3 N–H and O–H groups in total. The number of anilines is 2. The molecule has 1 aliphatic rings. The van der Waals surface area contributed by atoms with E-state index in [9.17, 15) is 8.42 Å². The molecule has 0 spiro atoms. The molecule has 20 heavy (non-hydrogen) atoms. The number of para-hydroxylation sites is 2. The fraction of sp³-hybridized carbons (Fsp3) is 0.538. The molecule has 0 radical (unpaired) electrons. The molecule has 0 saturated heterocycles. The zero-order chi connectivity index (χ0) is 13.9. The third-order valence-corrected chi connectivity index (χ3v) is 4.17. The lowest BCUT2D eigenvalue weighted by molar-refractivity contribution is 0.480. The molecule has 0 aromatic heterocycles. The van der Waals surface area contributed by atoms with Crippen LogP contribution >= 0.6 is 0 Å². The number of rotatable bonds is 6. The van der Waals surface area contributed by atoms with Crippen molar-refractivity contribution in [2.75, 3.05) is 35.3 Å². The van der Waals surface area contributed by atoms with Gasteiger partial charge in [-0.15, -0.1) is 0 Å². The summed E-state index contributed by atoms with van der Waals surface area (Å²) in [6.07, 6.45) is 1.25. The Labute approximate surface area is 120 Å². The van der Waals surface area contributed by atoms with Crippen molar-refractivity contribution in [3.05, 3.63) is 24.3 Å². The molecule has 1 aromatic carbocycles. The normalized spacial score (nSPS) is 14.1. The first-order valence-electron chi connectivity index (χ1n) is 6.55. The number of unbranched alkanes of at least 4 members (excludes halogenated alkanes) is 1. The Morgan fingerprint density at radius 3 is 2.30 bits per heavy atom. The van der Waals surface area contributed by atoms with Gasteiger partial charge in [-0.05, 0) is 31.9 Å². The van der Waals surface area contributed by atoms with Gasteiger partial charge in [0.15, 0.2) is 0 Å². The van der Waals surface area contributed by atoms with Crippen LogP contribution in [0, 0.1) is 0 Å². The molecule has 0 aliphatic carbocycles. The summed E-state index contributed by atoms with van der Waals surface area (Å²) in [6.45, 7) is 4.74. The quantitative estimate of drug-likeness (QED) is 0.628. The molecule has 6 nitrogen and oxygen atoms in total. The Kier molecular flexibility index (Phi) is 5.79. The van der Waals surface area contributed by atoms with Gasteiger partial charge in [0.1, 0.15) is 0 Å². The van der Waals surface area contributed by atoms with Crippen LogP contribution in [0.1, 0.15) is 19.8 Å². The van der Waals surface area contributed by atoms with Gasteiger partial charge in [0.2, 0.25) is 0 Å². The van der Waals surface area contributed by atoms with Crippen LogP contribution in [0.4, 0.5) is 11.4 Å². The van der Waals surface area contributed by atoms with Gasteiger partial charge in [0, 0.05) is 13.1 Å². The highest BCUT2D eigenvalue weighted by atomic mass is 32.2. The van der Waals surface area contributed by atoms with Crippen molar-refractivity contribution in [2.45, 2.75) is 19.8 Å². The number of hydrogen-bond donors (Lipinski definition) is 1. The van der Waals surface area contributed by atoms with Crippen LogP contribution < -0.4 is 9.80 Å². The summed E-state index contributed by atoms with van der Waals surface area (Å²) in [7, 11) is -3.82. The second-order valence-electron chi connectivity index (χ2n) is 4.74. The van der Waals surface area contributed by atoms with Crippen LogP contribution in [0.3, 0.4) is 0 Å². The first kappa shape index (κ1) is 16.7. The zero-order valence-corrected chi connectivity index (χ0v) is 12.4. The van der Waals surface area contributed by atoms with E-state index in [0.717, 1.165) is 26.2 Å². The Morgan fingerprint density at radius 1 is 1.15 bits per heavy atom.